The van der Waals surface area contributed by atoms with Crippen molar-refractivity contribution in [1.82, 2.24) is 0 Å². The highest BCUT2D eigenvalue weighted by atomic mass is 14.1. The van der Waals surface area contributed by atoms with Crippen molar-refractivity contribution in [3.05, 3.63) is 0 Å². The molecule has 0 aromatic rings. The Labute approximate surface area is 263 Å². The van der Waals surface area contributed by atoms with E-state index in [9.17, 15) is 0 Å². The number of rotatable bonds is 35. The van der Waals surface area contributed by atoms with Crippen LogP contribution in [0.2, 0.25) is 0 Å². The molecule has 0 radical (unpaired) electrons. The van der Waals surface area contributed by atoms with E-state index < -0.39 is 0 Å². The summed E-state index contributed by atoms with van der Waals surface area (Å²) in [5.74, 6) is 2.84. The van der Waals surface area contributed by atoms with Gasteiger partial charge in [0, 0.05) is 0 Å². The largest absolute Gasteiger partial charge is 0.0654 e. The van der Waals surface area contributed by atoms with Gasteiger partial charge in [-0.05, 0) is 17.8 Å². The molecule has 0 N–H and O–H groups in total. The van der Waals surface area contributed by atoms with Crippen molar-refractivity contribution in [3.63, 3.8) is 0 Å². The van der Waals surface area contributed by atoms with Crippen molar-refractivity contribution in [2.24, 2.45) is 17.8 Å². The van der Waals surface area contributed by atoms with Gasteiger partial charge in [-0.3, -0.25) is 0 Å². The summed E-state index contributed by atoms with van der Waals surface area (Å²) in [5.41, 5.74) is 0. The van der Waals surface area contributed by atoms with Crippen LogP contribution in [-0.4, -0.2) is 0 Å². The van der Waals surface area contributed by atoms with Gasteiger partial charge in [0.2, 0.25) is 0 Å². The Morgan fingerprint density at radius 1 is 0.220 bits per heavy atom. The van der Waals surface area contributed by atoms with Gasteiger partial charge in [-0.1, -0.05) is 247 Å². The highest BCUT2D eigenvalue weighted by Gasteiger charge is 2.08. The van der Waals surface area contributed by atoms with Gasteiger partial charge < -0.3 is 0 Å². The summed E-state index contributed by atoms with van der Waals surface area (Å²) in [4.78, 5) is 0. The van der Waals surface area contributed by atoms with Gasteiger partial charge in [-0.25, -0.2) is 0 Å². The molecule has 0 amide bonds. The summed E-state index contributed by atoms with van der Waals surface area (Å²) >= 11 is 0. The first-order valence-corrected chi connectivity index (χ1v) is 20.1. The van der Waals surface area contributed by atoms with Gasteiger partial charge in [0.25, 0.3) is 0 Å². The fourth-order valence-corrected chi connectivity index (χ4v) is 6.91. The quantitative estimate of drug-likeness (QED) is 0.0658. The molecule has 0 spiro atoms. The second kappa shape index (κ2) is 34.5. The lowest BCUT2D eigenvalue weighted by Crippen LogP contribution is -2.01. The van der Waals surface area contributed by atoms with Crippen molar-refractivity contribution in [1.29, 1.82) is 0 Å². The Morgan fingerprint density at radius 2 is 0.390 bits per heavy atom. The van der Waals surface area contributed by atoms with Crippen LogP contribution in [0, 0.1) is 17.8 Å². The summed E-state index contributed by atoms with van der Waals surface area (Å²) in [5, 5.41) is 0. The normalized spacial score (nSPS) is 14.0. The molecule has 0 aliphatic heterocycles. The van der Waals surface area contributed by atoms with Crippen LogP contribution in [0.4, 0.5) is 0 Å². The van der Waals surface area contributed by atoms with Crippen LogP contribution in [0.1, 0.15) is 247 Å². The van der Waals surface area contributed by atoms with Crippen LogP contribution in [0.5, 0.6) is 0 Å². The molecule has 3 unspecified atom stereocenters. The standard InChI is InChI=1S/C41H84/c1-6-8-10-12-14-16-17-18-19-20-21-22-23-24-26-28-30-34-40(4)36-32-38-41(5)37-31-35-39(3)33-29-27-25-15-13-11-9-7-2/h39-41H,6-38H2,1-5H3. The van der Waals surface area contributed by atoms with Gasteiger partial charge >= 0.3 is 0 Å². The first kappa shape index (κ1) is 41.0. The van der Waals surface area contributed by atoms with E-state index in [4.69, 9.17) is 0 Å². The maximum Gasteiger partial charge on any atom is -0.0443 e. The Morgan fingerprint density at radius 3 is 0.610 bits per heavy atom. The third-order valence-corrected chi connectivity index (χ3v) is 10.1. The summed E-state index contributed by atoms with van der Waals surface area (Å²) in [7, 11) is 0. The monoisotopic (exact) mass is 577 g/mol. The van der Waals surface area contributed by atoms with E-state index in [1.807, 2.05) is 0 Å². The molecule has 0 aromatic heterocycles. The molecule has 0 heteroatoms. The van der Waals surface area contributed by atoms with E-state index in [-0.39, 0.29) is 0 Å². The molecule has 0 saturated carbocycles. The molecular formula is C41H84. The van der Waals surface area contributed by atoms with E-state index in [1.54, 1.807) is 0 Å². The molecule has 0 nitrogen and oxygen atoms in total. The summed E-state index contributed by atoms with van der Waals surface area (Å²) in [6.45, 7) is 12.2. The molecular weight excluding hydrogens is 492 g/mol. The van der Waals surface area contributed by atoms with Crippen molar-refractivity contribution in [2.45, 2.75) is 247 Å². The van der Waals surface area contributed by atoms with Crippen LogP contribution in [0.15, 0.2) is 0 Å². The Kier molecular flexibility index (Phi) is 34.5. The molecule has 0 heterocycles. The summed E-state index contributed by atoms with van der Waals surface area (Å²) in [6, 6.07) is 0. The second-order valence-corrected chi connectivity index (χ2v) is 14.9. The van der Waals surface area contributed by atoms with Crippen molar-refractivity contribution >= 4 is 0 Å². The average molecular weight is 577 g/mol. The number of unbranched alkanes of at least 4 members (excludes halogenated alkanes) is 23. The van der Waals surface area contributed by atoms with E-state index in [2.05, 4.69) is 34.6 Å². The first-order chi connectivity index (χ1) is 20.1. The van der Waals surface area contributed by atoms with E-state index in [0.717, 1.165) is 17.8 Å². The van der Waals surface area contributed by atoms with Gasteiger partial charge in [0.15, 0.2) is 0 Å². The fourth-order valence-electron chi connectivity index (χ4n) is 6.91. The molecule has 0 aromatic carbocycles. The van der Waals surface area contributed by atoms with Crippen molar-refractivity contribution in [2.75, 3.05) is 0 Å². The zero-order valence-electron chi connectivity index (χ0n) is 30.1. The fraction of sp³-hybridized carbons (Fsp3) is 1.00. The number of hydrogen-bond acceptors (Lipinski definition) is 0. The average Bonchev–Trinajstić information content (AvgIpc) is 2.96. The van der Waals surface area contributed by atoms with Crippen LogP contribution in [0.3, 0.4) is 0 Å². The van der Waals surface area contributed by atoms with Crippen LogP contribution >= 0.6 is 0 Å². The van der Waals surface area contributed by atoms with E-state index in [0.29, 0.717) is 0 Å². The first-order valence-electron chi connectivity index (χ1n) is 20.1. The number of hydrogen-bond donors (Lipinski definition) is 0. The predicted octanol–water partition coefficient (Wildman–Crippen LogP) is 15.8. The zero-order valence-corrected chi connectivity index (χ0v) is 30.1. The molecule has 0 saturated heterocycles. The minimum Gasteiger partial charge on any atom is -0.0654 e. The highest BCUT2D eigenvalue weighted by molar-refractivity contribution is 4.61. The molecule has 0 bridgehead atoms. The topological polar surface area (TPSA) is 0 Å². The zero-order chi connectivity index (χ0) is 30.1. The van der Waals surface area contributed by atoms with Gasteiger partial charge in [-0.15, -0.1) is 0 Å². The van der Waals surface area contributed by atoms with Crippen LogP contribution < -0.4 is 0 Å². The molecule has 248 valence electrons. The maximum atomic E-state index is 2.52. The van der Waals surface area contributed by atoms with Gasteiger partial charge in [0.1, 0.15) is 0 Å². The lowest BCUT2D eigenvalue weighted by atomic mass is 9.90. The van der Waals surface area contributed by atoms with Crippen molar-refractivity contribution < 1.29 is 0 Å². The van der Waals surface area contributed by atoms with Crippen LogP contribution in [0.25, 0.3) is 0 Å². The van der Waals surface area contributed by atoms with E-state index in [1.165, 1.54) is 212 Å². The van der Waals surface area contributed by atoms with Gasteiger partial charge in [-0.2, -0.15) is 0 Å². The SMILES string of the molecule is CCCCCCCCCCCCCCCCCCCC(C)CCCC(C)CCCC(C)CCCCCCCCCC. The molecule has 0 aliphatic rings. The lowest BCUT2D eigenvalue weighted by Gasteiger charge is -2.16. The Hall–Kier alpha value is 0. The summed E-state index contributed by atoms with van der Waals surface area (Å²) < 4.78 is 0. The third kappa shape index (κ3) is 34.4. The highest BCUT2D eigenvalue weighted by Crippen LogP contribution is 2.23. The molecule has 3 atom stereocenters. The minimum atomic E-state index is 0.942. The Bertz CT molecular complexity index is 453. The summed E-state index contributed by atoms with van der Waals surface area (Å²) in [6.07, 6.45) is 48.5. The Balaban J connectivity index is 3.34. The smallest absolute Gasteiger partial charge is 0.0443 e. The second-order valence-electron chi connectivity index (χ2n) is 14.9. The molecule has 0 rings (SSSR count). The molecule has 0 aliphatic carbocycles. The maximum absolute atomic E-state index is 2.52. The van der Waals surface area contributed by atoms with E-state index >= 15 is 0 Å². The molecule has 41 heavy (non-hydrogen) atoms. The van der Waals surface area contributed by atoms with Crippen molar-refractivity contribution in [3.8, 4) is 0 Å². The predicted molar refractivity (Wildman–Crippen MR) is 191 cm³/mol. The molecule has 0 fully saturated rings. The van der Waals surface area contributed by atoms with Crippen LogP contribution in [-0.2, 0) is 0 Å². The minimum absolute atomic E-state index is 0.942. The third-order valence-electron chi connectivity index (χ3n) is 10.1. The lowest BCUT2D eigenvalue weighted by molar-refractivity contribution is 0.373. The van der Waals surface area contributed by atoms with Gasteiger partial charge in [0.05, 0.1) is 0 Å².